The van der Waals surface area contributed by atoms with E-state index in [4.69, 9.17) is 16.3 Å². The third-order valence-corrected chi connectivity index (χ3v) is 5.62. The molecular weight excluding hydrogens is 439 g/mol. The van der Waals surface area contributed by atoms with Crippen LogP contribution in [0.3, 0.4) is 0 Å². The van der Waals surface area contributed by atoms with E-state index in [1.165, 1.54) is 6.07 Å². The summed E-state index contributed by atoms with van der Waals surface area (Å²) in [5.41, 5.74) is 2.85. The fourth-order valence-corrected chi connectivity index (χ4v) is 3.93. The summed E-state index contributed by atoms with van der Waals surface area (Å²) in [7, 11) is 0. The van der Waals surface area contributed by atoms with Crippen LogP contribution < -0.4 is 10.1 Å². The number of hydrogen-bond donors (Lipinski definition) is 1. The van der Waals surface area contributed by atoms with Crippen LogP contribution in [0.1, 0.15) is 35.5 Å². The van der Waals surface area contributed by atoms with Crippen LogP contribution >= 0.6 is 11.6 Å². The van der Waals surface area contributed by atoms with Crippen molar-refractivity contribution in [1.29, 1.82) is 0 Å². The van der Waals surface area contributed by atoms with Crippen molar-refractivity contribution in [2.75, 3.05) is 6.54 Å². The van der Waals surface area contributed by atoms with Gasteiger partial charge in [0.05, 0.1) is 5.52 Å². The summed E-state index contributed by atoms with van der Waals surface area (Å²) in [5, 5.41) is 4.44. The Morgan fingerprint density at radius 3 is 2.61 bits per heavy atom. The Morgan fingerprint density at radius 1 is 1.06 bits per heavy atom. The van der Waals surface area contributed by atoms with Gasteiger partial charge in [-0.3, -0.25) is 4.79 Å². The second kappa shape index (κ2) is 10.1. The zero-order chi connectivity index (χ0) is 23.4. The molecule has 0 spiro atoms. The predicted octanol–water partition coefficient (Wildman–Crippen LogP) is 6.45. The minimum Gasteiger partial charge on any atom is -0.488 e. The van der Waals surface area contributed by atoms with Crippen molar-refractivity contribution >= 4 is 28.4 Å². The van der Waals surface area contributed by atoms with E-state index >= 15 is 0 Å². The molecule has 0 atom stereocenters. The average Bonchev–Trinajstić information content (AvgIpc) is 3.16. The van der Waals surface area contributed by atoms with Crippen molar-refractivity contribution < 1.29 is 13.9 Å². The Balaban J connectivity index is 1.72. The van der Waals surface area contributed by atoms with Crippen molar-refractivity contribution in [3.63, 3.8) is 0 Å². The fraction of sp³-hybridized carbons (Fsp3) is 0.222. The maximum absolute atomic E-state index is 14.1. The van der Waals surface area contributed by atoms with Gasteiger partial charge in [-0.25, -0.2) is 4.39 Å². The number of nitrogens with zero attached hydrogens (tertiary/aromatic N) is 1. The van der Waals surface area contributed by atoms with Gasteiger partial charge in [0.25, 0.3) is 5.91 Å². The minimum atomic E-state index is -0.308. The molecule has 4 rings (SSSR count). The van der Waals surface area contributed by atoms with Crippen LogP contribution in [0.2, 0.25) is 5.02 Å². The first-order chi connectivity index (χ1) is 15.9. The number of nitrogens with one attached hydrogen (secondary N) is 1. The van der Waals surface area contributed by atoms with Crippen LogP contribution in [0, 0.1) is 11.7 Å². The summed E-state index contributed by atoms with van der Waals surface area (Å²) in [4.78, 5) is 13.1. The highest BCUT2D eigenvalue weighted by Crippen LogP contribution is 2.31. The molecule has 0 aliphatic heterocycles. The summed E-state index contributed by atoms with van der Waals surface area (Å²) in [5.74, 6) is 0.469. The molecule has 170 valence electrons. The van der Waals surface area contributed by atoms with Crippen LogP contribution in [0.15, 0.2) is 72.8 Å². The molecular formula is C27H26ClFN2O2. The lowest BCUT2D eigenvalue weighted by atomic mass is 10.2. The molecule has 4 aromatic rings. The average molecular weight is 465 g/mol. The van der Waals surface area contributed by atoms with Crippen LogP contribution in [0.25, 0.3) is 10.9 Å². The van der Waals surface area contributed by atoms with Gasteiger partial charge in [-0.2, -0.15) is 0 Å². The van der Waals surface area contributed by atoms with Crippen LogP contribution in [-0.4, -0.2) is 17.0 Å². The molecule has 0 saturated heterocycles. The lowest BCUT2D eigenvalue weighted by molar-refractivity contribution is 0.0940. The maximum atomic E-state index is 14.1. The first-order valence-corrected chi connectivity index (χ1v) is 11.3. The summed E-state index contributed by atoms with van der Waals surface area (Å²) in [6.07, 6.45) is 0. The zero-order valence-corrected chi connectivity index (χ0v) is 19.4. The number of ether oxygens (including phenoxy) is 1. The van der Waals surface area contributed by atoms with Crippen molar-refractivity contribution in [1.82, 2.24) is 9.88 Å². The van der Waals surface area contributed by atoms with E-state index in [1.807, 2.05) is 53.1 Å². The third kappa shape index (κ3) is 5.37. The number of amides is 1. The Kier molecular flexibility index (Phi) is 6.99. The van der Waals surface area contributed by atoms with Crippen molar-refractivity contribution in [2.24, 2.45) is 5.92 Å². The summed E-state index contributed by atoms with van der Waals surface area (Å²) < 4.78 is 22.0. The lowest BCUT2D eigenvalue weighted by Gasteiger charge is -2.13. The van der Waals surface area contributed by atoms with E-state index in [9.17, 15) is 9.18 Å². The van der Waals surface area contributed by atoms with Crippen molar-refractivity contribution in [3.05, 3.63) is 100 Å². The molecule has 1 aromatic heterocycles. The molecule has 6 heteroatoms. The molecule has 0 aliphatic rings. The molecule has 0 aliphatic carbocycles. The van der Waals surface area contributed by atoms with Gasteiger partial charge in [-0.1, -0.05) is 61.8 Å². The first-order valence-electron chi connectivity index (χ1n) is 10.9. The number of aromatic nitrogens is 1. The first kappa shape index (κ1) is 22.9. The quantitative estimate of drug-likeness (QED) is 0.326. The fourth-order valence-electron chi connectivity index (χ4n) is 3.72. The highest BCUT2D eigenvalue weighted by Gasteiger charge is 2.19. The molecule has 0 radical (unpaired) electrons. The molecule has 0 saturated carbocycles. The standard InChI is InChI=1S/C27H26ClFN2O2/c1-18(2)15-30-27(32)25-14-22-24(31(25)16-19-7-5-9-21(28)13-19)11-6-12-26(22)33-17-20-8-3-4-10-23(20)29/h3-14,18H,15-17H2,1-2H3,(H,30,32). The van der Waals surface area contributed by atoms with Gasteiger partial charge in [-0.05, 0) is 47.9 Å². The molecule has 1 heterocycles. The van der Waals surface area contributed by atoms with Gasteiger partial charge in [0.15, 0.2) is 0 Å². The zero-order valence-electron chi connectivity index (χ0n) is 18.6. The Labute approximate surface area is 197 Å². The smallest absolute Gasteiger partial charge is 0.267 e. The number of benzene rings is 3. The normalized spacial score (nSPS) is 11.2. The summed E-state index contributed by atoms with van der Waals surface area (Å²) in [6.45, 7) is 5.26. The molecule has 1 N–H and O–H groups in total. The topological polar surface area (TPSA) is 43.3 Å². The highest BCUT2D eigenvalue weighted by molar-refractivity contribution is 6.30. The molecule has 33 heavy (non-hydrogen) atoms. The van der Waals surface area contributed by atoms with Crippen LogP contribution in [0.5, 0.6) is 5.75 Å². The van der Waals surface area contributed by atoms with E-state index < -0.39 is 0 Å². The van der Waals surface area contributed by atoms with E-state index in [1.54, 1.807) is 18.2 Å². The molecule has 3 aromatic carbocycles. The van der Waals surface area contributed by atoms with Gasteiger partial charge in [0.2, 0.25) is 0 Å². The van der Waals surface area contributed by atoms with Gasteiger partial charge >= 0.3 is 0 Å². The number of halogens is 2. The van der Waals surface area contributed by atoms with Gasteiger partial charge in [0, 0.05) is 29.1 Å². The Bertz CT molecular complexity index is 1280. The number of hydrogen-bond acceptors (Lipinski definition) is 2. The Hall–Kier alpha value is -3.31. The summed E-state index contributed by atoms with van der Waals surface area (Å²) >= 11 is 6.19. The van der Waals surface area contributed by atoms with E-state index in [0.29, 0.717) is 41.0 Å². The second-order valence-corrected chi connectivity index (χ2v) is 8.85. The number of carbonyl (C=O) groups is 1. The van der Waals surface area contributed by atoms with Crippen LogP contribution in [0.4, 0.5) is 4.39 Å². The molecule has 1 amide bonds. The SMILES string of the molecule is CC(C)CNC(=O)c1cc2c(OCc3ccccc3F)cccc2n1Cc1cccc(Cl)c1. The lowest BCUT2D eigenvalue weighted by Crippen LogP contribution is -2.29. The molecule has 0 unspecified atom stereocenters. The van der Waals surface area contributed by atoms with Gasteiger partial charge in [-0.15, -0.1) is 0 Å². The minimum absolute atomic E-state index is 0.0974. The molecule has 4 nitrogen and oxygen atoms in total. The predicted molar refractivity (Wildman–Crippen MR) is 130 cm³/mol. The van der Waals surface area contributed by atoms with Gasteiger partial charge in [0.1, 0.15) is 23.9 Å². The van der Waals surface area contributed by atoms with E-state index in [0.717, 1.165) is 16.5 Å². The number of carbonyl (C=O) groups excluding carboxylic acids is 1. The number of rotatable bonds is 8. The van der Waals surface area contributed by atoms with E-state index in [2.05, 4.69) is 19.2 Å². The third-order valence-electron chi connectivity index (χ3n) is 5.38. The highest BCUT2D eigenvalue weighted by atomic mass is 35.5. The Morgan fingerprint density at radius 2 is 1.85 bits per heavy atom. The van der Waals surface area contributed by atoms with Crippen molar-refractivity contribution in [3.8, 4) is 5.75 Å². The number of fused-ring (bicyclic) bond motifs is 1. The van der Waals surface area contributed by atoms with Crippen LogP contribution in [-0.2, 0) is 13.2 Å². The van der Waals surface area contributed by atoms with Crippen molar-refractivity contribution in [2.45, 2.75) is 27.0 Å². The largest absolute Gasteiger partial charge is 0.488 e. The molecule has 0 bridgehead atoms. The summed E-state index contributed by atoms with van der Waals surface area (Å²) in [6, 6.07) is 21.6. The van der Waals surface area contributed by atoms with E-state index in [-0.39, 0.29) is 18.3 Å². The second-order valence-electron chi connectivity index (χ2n) is 8.42. The van der Waals surface area contributed by atoms with Gasteiger partial charge < -0.3 is 14.6 Å². The monoisotopic (exact) mass is 464 g/mol. The maximum Gasteiger partial charge on any atom is 0.267 e. The molecule has 0 fully saturated rings.